The van der Waals surface area contributed by atoms with Crippen LogP contribution in [-0.4, -0.2) is 47.9 Å². The lowest BCUT2D eigenvalue weighted by atomic mass is 10.0. The molecule has 2 fully saturated rings. The number of carbonyl (C=O) groups excluding carboxylic acids is 1. The van der Waals surface area contributed by atoms with Crippen LogP contribution in [0.15, 0.2) is 24.3 Å². The molecule has 0 aliphatic carbocycles. The summed E-state index contributed by atoms with van der Waals surface area (Å²) in [7, 11) is 2.16. The molecule has 0 saturated carbocycles. The minimum absolute atomic E-state index is 0.186. The van der Waals surface area contributed by atoms with Crippen molar-refractivity contribution < 1.29 is 9.18 Å². The summed E-state index contributed by atoms with van der Waals surface area (Å²) in [6.07, 6.45) is 5.54. The number of hydrogen-bond donors (Lipinski definition) is 0. The molecule has 1 aromatic rings. The van der Waals surface area contributed by atoms with Gasteiger partial charge in [0.2, 0.25) is 5.91 Å². The Morgan fingerprint density at radius 3 is 2.64 bits per heavy atom. The van der Waals surface area contributed by atoms with E-state index in [1.165, 1.54) is 18.9 Å². The smallest absolute Gasteiger partial charge is 0.223 e. The molecule has 2 heterocycles. The maximum Gasteiger partial charge on any atom is 0.223 e. The average Bonchev–Trinajstić information content (AvgIpc) is 3.14. The minimum Gasteiger partial charge on any atom is -0.338 e. The predicted molar refractivity (Wildman–Crippen MR) is 85.1 cm³/mol. The maximum absolute atomic E-state index is 13.7. The third kappa shape index (κ3) is 3.17. The van der Waals surface area contributed by atoms with Crippen LogP contribution in [0.25, 0.3) is 0 Å². The van der Waals surface area contributed by atoms with Crippen molar-refractivity contribution in [3.8, 4) is 0 Å². The van der Waals surface area contributed by atoms with Crippen LogP contribution in [0.1, 0.15) is 37.7 Å². The van der Waals surface area contributed by atoms with Crippen molar-refractivity contribution in [2.24, 2.45) is 0 Å². The van der Waals surface area contributed by atoms with Crippen LogP contribution in [-0.2, 0) is 11.2 Å². The third-order valence-corrected chi connectivity index (χ3v) is 5.21. The van der Waals surface area contributed by atoms with Crippen molar-refractivity contribution in [3.63, 3.8) is 0 Å². The number of likely N-dealkylation sites (N-methyl/N-ethyl adjacent to an activating group) is 1. The Morgan fingerprint density at radius 1 is 1.18 bits per heavy atom. The molecule has 0 aromatic heterocycles. The van der Waals surface area contributed by atoms with E-state index in [1.807, 2.05) is 6.07 Å². The van der Waals surface area contributed by atoms with E-state index in [4.69, 9.17) is 0 Å². The number of likely N-dealkylation sites (tertiary alicyclic amines) is 2. The maximum atomic E-state index is 13.7. The Bertz CT molecular complexity index is 534. The van der Waals surface area contributed by atoms with Gasteiger partial charge in [0.05, 0.1) is 0 Å². The number of benzene rings is 1. The lowest BCUT2D eigenvalue weighted by Gasteiger charge is -2.33. The van der Waals surface area contributed by atoms with E-state index in [0.29, 0.717) is 30.5 Å². The topological polar surface area (TPSA) is 23.6 Å². The van der Waals surface area contributed by atoms with Crippen LogP contribution in [0, 0.1) is 5.82 Å². The second-order valence-corrected chi connectivity index (χ2v) is 6.58. The molecule has 3 nitrogen and oxygen atoms in total. The van der Waals surface area contributed by atoms with Gasteiger partial charge in [-0.1, -0.05) is 18.2 Å². The fourth-order valence-corrected chi connectivity index (χ4v) is 4.01. The summed E-state index contributed by atoms with van der Waals surface area (Å²) in [5.41, 5.74) is 0.643. The molecule has 2 saturated heterocycles. The van der Waals surface area contributed by atoms with Crippen LogP contribution in [0.3, 0.4) is 0 Å². The molecule has 2 aliphatic rings. The molecule has 120 valence electrons. The van der Waals surface area contributed by atoms with Crippen LogP contribution in [0.2, 0.25) is 0 Å². The summed E-state index contributed by atoms with van der Waals surface area (Å²) >= 11 is 0. The van der Waals surface area contributed by atoms with Gasteiger partial charge in [-0.25, -0.2) is 4.39 Å². The zero-order chi connectivity index (χ0) is 15.5. The Balaban J connectivity index is 1.60. The van der Waals surface area contributed by atoms with Gasteiger partial charge in [0.15, 0.2) is 0 Å². The van der Waals surface area contributed by atoms with Gasteiger partial charge in [-0.15, -0.1) is 0 Å². The van der Waals surface area contributed by atoms with E-state index in [9.17, 15) is 9.18 Å². The molecular formula is C18H25FN2O. The van der Waals surface area contributed by atoms with Crippen molar-refractivity contribution in [3.05, 3.63) is 35.6 Å². The zero-order valence-corrected chi connectivity index (χ0v) is 13.3. The first-order chi connectivity index (χ1) is 10.7. The summed E-state index contributed by atoms with van der Waals surface area (Å²) in [6.45, 7) is 2.00. The number of rotatable bonds is 4. The van der Waals surface area contributed by atoms with Gasteiger partial charge < -0.3 is 9.80 Å². The molecule has 2 aliphatic heterocycles. The first-order valence-corrected chi connectivity index (χ1v) is 8.40. The monoisotopic (exact) mass is 304 g/mol. The molecule has 0 radical (unpaired) electrons. The first kappa shape index (κ1) is 15.5. The molecule has 1 amide bonds. The van der Waals surface area contributed by atoms with Crippen molar-refractivity contribution in [1.82, 2.24) is 9.80 Å². The minimum atomic E-state index is -0.205. The Hall–Kier alpha value is -1.42. The normalized spacial score (nSPS) is 25.8. The number of halogens is 1. The summed E-state index contributed by atoms with van der Waals surface area (Å²) in [6, 6.07) is 7.63. The van der Waals surface area contributed by atoms with Gasteiger partial charge >= 0.3 is 0 Å². The number of aryl methyl sites for hydroxylation is 1. The molecule has 0 spiro atoms. The molecule has 4 heteroatoms. The molecule has 0 N–H and O–H groups in total. The van der Waals surface area contributed by atoms with Gasteiger partial charge in [-0.2, -0.15) is 0 Å². The third-order valence-electron chi connectivity index (χ3n) is 5.21. The van der Waals surface area contributed by atoms with Gasteiger partial charge in [-0.05, 0) is 57.3 Å². The number of nitrogens with zero attached hydrogens (tertiary/aromatic N) is 2. The summed E-state index contributed by atoms with van der Waals surface area (Å²) in [5, 5.41) is 0. The highest BCUT2D eigenvalue weighted by atomic mass is 19.1. The van der Waals surface area contributed by atoms with Crippen LogP contribution in [0.4, 0.5) is 4.39 Å². The highest BCUT2D eigenvalue weighted by Crippen LogP contribution is 2.29. The number of amides is 1. The van der Waals surface area contributed by atoms with E-state index in [1.54, 1.807) is 12.1 Å². The standard InChI is InChI=1S/C18H25FN2O/c1-20-12-4-8-16(20)17-9-5-13-21(17)18(22)11-10-14-6-2-3-7-15(14)19/h2-3,6-7,16-17H,4-5,8-13H2,1H3/t16-,17+/m1/s1. The van der Waals surface area contributed by atoms with Gasteiger partial charge in [0.25, 0.3) is 0 Å². The second-order valence-electron chi connectivity index (χ2n) is 6.58. The average molecular weight is 304 g/mol. The Labute approximate surface area is 132 Å². The molecule has 22 heavy (non-hydrogen) atoms. The zero-order valence-electron chi connectivity index (χ0n) is 13.3. The summed E-state index contributed by atoms with van der Waals surface area (Å²) in [5.74, 6) is -0.0187. The van der Waals surface area contributed by atoms with Crippen molar-refractivity contribution in [2.45, 2.75) is 50.6 Å². The quantitative estimate of drug-likeness (QED) is 0.854. The van der Waals surface area contributed by atoms with Crippen molar-refractivity contribution in [1.29, 1.82) is 0 Å². The Morgan fingerprint density at radius 2 is 1.91 bits per heavy atom. The molecule has 0 unspecified atom stereocenters. The van der Waals surface area contributed by atoms with Crippen LogP contribution >= 0.6 is 0 Å². The fraction of sp³-hybridized carbons (Fsp3) is 0.611. The van der Waals surface area contributed by atoms with Crippen molar-refractivity contribution >= 4 is 5.91 Å². The first-order valence-electron chi connectivity index (χ1n) is 8.40. The van der Waals surface area contributed by atoms with E-state index < -0.39 is 0 Å². The molecule has 1 aromatic carbocycles. The van der Waals surface area contributed by atoms with Gasteiger partial charge in [0.1, 0.15) is 5.82 Å². The molecular weight excluding hydrogens is 279 g/mol. The van der Waals surface area contributed by atoms with Crippen LogP contribution < -0.4 is 0 Å². The molecule has 2 atom stereocenters. The van der Waals surface area contributed by atoms with E-state index in [-0.39, 0.29) is 11.7 Å². The van der Waals surface area contributed by atoms with E-state index in [0.717, 1.165) is 25.9 Å². The van der Waals surface area contributed by atoms with E-state index in [2.05, 4.69) is 16.8 Å². The predicted octanol–water partition coefficient (Wildman–Crippen LogP) is 2.84. The fourth-order valence-electron chi connectivity index (χ4n) is 4.01. The van der Waals surface area contributed by atoms with Crippen molar-refractivity contribution in [2.75, 3.05) is 20.1 Å². The van der Waals surface area contributed by atoms with Gasteiger partial charge in [0, 0.05) is 25.0 Å². The van der Waals surface area contributed by atoms with E-state index >= 15 is 0 Å². The summed E-state index contributed by atoms with van der Waals surface area (Å²) in [4.78, 5) is 17.0. The van der Waals surface area contributed by atoms with Crippen LogP contribution in [0.5, 0.6) is 0 Å². The highest BCUT2D eigenvalue weighted by Gasteiger charge is 2.37. The number of carbonyl (C=O) groups is 1. The summed E-state index contributed by atoms with van der Waals surface area (Å²) < 4.78 is 13.7. The number of hydrogen-bond acceptors (Lipinski definition) is 2. The molecule has 3 rings (SSSR count). The second kappa shape index (κ2) is 6.78. The SMILES string of the molecule is CN1CCC[C@@H]1[C@@H]1CCCN1C(=O)CCc1ccccc1F. The molecule has 0 bridgehead atoms. The lowest BCUT2D eigenvalue weighted by molar-refractivity contribution is -0.132. The van der Waals surface area contributed by atoms with Gasteiger partial charge in [-0.3, -0.25) is 4.79 Å². The Kier molecular flexibility index (Phi) is 4.77. The lowest BCUT2D eigenvalue weighted by Crippen LogP contribution is -2.47. The largest absolute Gasteiger partial charge is 0.338 e. The highest BCUT2D eigenvalue weighted by molar-refractivity contribution is 5.77.